The quantitative estimate of drug-likeness (QED) is 0.526. The first kappa shape index (κ1) is 11.6. The largest absolute Gasteiger partial charge is 0.382 e. The lowest BCUT2D eigenvalue weighted by molar-refractivity contribution is -0.119. The summed E-state index contributed by atoms with van der Waals surface area (Å²) in [5, 5.41) is 0. The maximum absolute atomic E-state index is 11.0. The number of ether oxygens (including phenoxy) is 1. The molecule has 0 bridgehead atoms. The molecular weight excluding hydrogens is 152 g/mol. The Morgan fingerprint density at radius 2 is 1.92 bits per heavy atom. The van der Waals surface area contributed by atoms with Gasteiger partial charge < -0.3 is 4.74 Å². The zero-order valence-corrected chi connectivity index (χ0v) is 8.27. The van der Waals surface area contributed by atoms with E-state index in [9.17, 15) is 4.79 Å². The molecule has 0 fully saturated rings. The Morgan fingerprint density at radius 1 is 1.17 bits per heavy atom. The Morgan fingerprint density at radius 3 is 2.50 bits per heavy atom. The van der Waals surface area contributed by atoms with Gasteiger partial charge in [-0.1, -0.05) is 6.92 Å². The molecule has 0 aromatic heterocycles. The van der Waals surface area contributed by atoms with Crippen molar-refractivity contribution in [2.75, 3.05) is 13.2 Å². The number of carbonyl (C=O) groups excluding carboxylic acids is 1. The van der Waals surface area contributed by atoms with Crippen molar-refractivity contribution in [3.8, 4) is 0 Å². The van der Waals surface area contributed by atoms with Crippen molar-refractivity contribution >= 4 is 5.78 Å². The van der Waals surface area contributed by atoms with Crippen molar-refractivity contribution in [3.05, 3.63) is 0 Å². The van der Waals surface area contributed by atoms with E-state index in [1.165, 1.54) is 0 Å². The first-order valence-corrected chi connectivity index (χ1v) is 4.90. The zero-order chi connectivity index (χ0) is 9.23. The summed E-state index contributed by atoms with van der Waals surface area (Å²) in [7, 11) is 0. The third-order valence-corrected chi connectivity index (χ3v) is 1.73. The summed E-state index contributed by atoms with van der Waals surface area (Å²) in [6, 6.07) is 0. The Kier molecular flexibility index (Phi) is 8.46. The lowest BCUT2D eigenvalue weighted by Crippen LogP contribution is -1.99. The Hall–Kier alpha value is -0.370. The molecule has 0 rings (SSSR count). The molecule has 72 valence electrons. The van der Waals surface area contributed by atoms with E-state index in [-0.39, 0.29) is 0 Å². The molecule has 0 atom stereocenters. The molecular formula is C10H20O2. The van der Waals surface area contributed by atoms with Crippen molar-refractivity contribution in [1.29, 1.82) is 0 Å². The van der Waals surface area contributed by atoms with Gasteiger partial charge in [-0.05, 0) is 26.2 Å². The fourth-order valence-electron chi connectivity index (χ4n) is 1.07. The van der Waals surface area contributed by atoms with E-state index in [4.69, 9.17) is 4.74 Å². The predicted molar refractivity (Wildman–Crippen MR) is 50.3 cm³/mol. The van der Waals surface area contributed by atoms with Crippen LogP contribution in [0.3, 0.4) is 0 Å². The number of hydrogen-bond acceptors (Lipinski definition) is 2. The van der Waals surface area contributed by atoms with Gasteiger partial charge in [0.25, 0.3) is 0 Å². The van der Waals surface area contributed by atoms with Crippen LogP contribution < -0.4 is 0 Å². The molecule has 0 amide bonds. The summed E-state index contributed by atoms with van der Waals surface area (Å²) in [5.74, 6) is 0.397. The van der Waals surface area contributed by atoms with Crippen LogP contribution in [0.25, 0.3) is 0 Å². The molecule has 0 spiro atoms. The monoisotopic (exact) mass is 172 g/mol. The minimum absolute atomic E-state index is 0.397. The Labute approximate surface area is 75.3 Å². The SMILES string of the molecule is CCCC(=O)CCCCOCC. The first-order chi connectivity index (χ1) is 5.81. The average Bonchev–Trinajstić information content (AvgIpc) is 2.05. The molecule has 0 saturated heterocycles. The van der Waals surface area contributed by atoms with Gasteiger partial charge in [0.2, 0.25) is 0 Å². The number of unbranched alkanes of at least 4 members (excludes halogenated alkanes) is 1. The van der Waals surface area contributed by atoms with Crippen LogP contribution in [0, 0.1) is 0 Å². The summed E-state index contributed by atoms with van der Waals surface area (Å²) >= 11 is 0. The molecule has 2 heteroatoms. The highest BCUT2D eigenvalue weighted by Gasteiger charge is 1.98. The topological polar surface area (TPSA) is 26.3 Å². The summed E-state index contributed by atoms with van der Waals surface area (Å²) in [6.07, 6.45) is 4.46. The van der Waals surface area contributed by atoms with Crippen LogP contribution in [-0.4, -0.2) is 19.0 Å². The van der Waals surface area contributed by atoms with Crippen LogP contribution in [0.5, 0.6) is 0 Å². The van der Waals surface area contributed by atoms with E-state index in [0.717, 1.165) is 45.3 Å². The summed E-state index contributed by atoms with van der Waals surface area (Å²) in [4.78, 5) is 11.0. The summed E-state index contributed by atoms with van der Waals surface area (Å²) < 4.78 is 5.16. The molecule has 0 aromatic carbocycles. The lowest BCUT2D eigenvalue weighted by Gasteiger charge is -2.00. The van der Waals surface area contributed by atoms with Crippen LogP contribution in [0.15, 0.2) is 0 Å². The molecule has 0 radical (unpaired) electrons. The molecule has 0 N–H and O–H groups in total. The predicted octanol–water partition coefficient (Wildman–Crippen LogP) is 2.56. The highest BCUT2D eigenvalue weighted by molar-refractivity contribution is 5.78. The molecule has 0 aliphatic heterocycles. The number of Topliss-reactive ketones (excluding diaryl/α,β-unsaturated/α-hetero) is 1. The van der Waals surface area contributed by atoms with Gasteiger partial charge in [0.05, 0.1) is 0 Å². The second-order valence-electron chi connectivity index (χ2n) is 2.94. The third kappa shape index (κ3) is 7.73. The number of hydrogen-bond donors (Lipinski definition) is 0. The van der Waals surface area contributed by atoms with Crippen molar-refractivity contribution in [2.45, 2.75) is 46.0 Å². The van der Waals surface area contributed by atoms with E-state index >= 15 is 0 Å². The van der Waals surface area contributed by atoms with E-state index in [2.05, 4.69) is 0 Å². The van der Waals surface area contributed by atoms with Gasteiger partial charge in [-0.25, -0.2) is 0 Å². The van der Waals surface area contributed by atoms with Crippen LogP contribution in [0.1, 0.15) is 46.0 Å². The lowest BCUT2D eigenvalue weighted by atomic mass is 10.1. The molecule has 0 saturated carbocycles. The van der Waals surface area contributed by atoms with E-state index < -0.39 is 0 Å². The molecule has 0 unspecified atom stereocenters. The van der Waals surface area contributed by atoms with E-state index in [1.54, 1.807) is 0 Å². The Bertz CT molecular complexity index is 110. The summed E-state index contributed by atoms with van der Waals surface area (Å²) in [5.41, 5.74) is 0. The van der Waals surface area contributed by atoms with Gasteiger partial charge in [-0.15, -0.1) is 0 Å². The molecule has 0 aromatic rings. The minimum Gasteiger partial charge on any atom is -0.382 e. The highest BCUT2D eigenvalue weighted by Crippen LogP contribution is 2.01. The standard InChI is InChI=1S/C10H20O2/c1-3-7-10(11)8-5-6-9-12-4-2/h3-9H2,1-2H3. The van der Waals surface area contributed by atoms with Crippen molar-refractivity contribution in [1.82, 2.24) is 0 Å². The van der Waals surface area contributed by atoms with E-state index in [1.807, 2.05) is 13.8 Å². The normalized spacial score (nSPS) is 10.2. The van der Waals surface area contributed by atoms with Crippen LogP contribution in [0.4, 0.5) is 0 Å². The fourth-order valence-corrected chi connectivity index (χ4v) is 1.07. The van der Waals surface area contributed by atoms with Gasteiger partial charge in [-0.2, -0.15) is 0 Å². The van der Waals surface area contributed by atoms with Crippen LogP contribution in [-0.2, 0) is 9.53 Å². The number of ketones is 1. The first-order valence-electron chi connectivity index (χ1n) is 4.90. The van der Waals surface area contributed by atoms with Crippen LogP contribution >= 0.6 is 0 Å². The maximum atomic E-state index is 11.0. The highest BCUT2D eigenvalue weighted by atomic mass is 16.5. The number of carbonyl (C=O) groups is 1. The molecule has 0 heterocycles. The van der Waals surface area contributed by atoms with Gasteiger partial charge in [-0.3, -0.25) is 4.79 Å². The molecule has 2 nitrogen and oxygen atoms in total. The van der Waals surface area contributed by atoms with Gasteiger partial charge in [0.1, 0.15) is 5.78 Å². The summed E-state index contributed by atoms with van der Waals surface area (Å²) in [6.45, 7) is 5.61. The van der Waals surface area contributed by atoms with Crippen molar-refractivity contribution in [3.63, 3.8) is 0 Å². The zero-order valence-electron chi connectivity index (χ0n) is 8.27. The maximum Gasteiger partial charge on any atom is 0.132 e. The number of rotatable bonds is 8. The van der Waals surface area contributed by atoms with Crippen LogP contribution in [0.2, 0.25) is 0 Å². The van der Waals surface area contributed by atoms with Gasteiger partial charge in [0, 0.05) is 26.1 Å². The van der Waals surface area contributed by atoms with Gasteiger partial charge >= 0.3 is 0 Å². The molecule has 0 aliphatic rings. The smallest absolute Gasteiger partial charge is 0.132 e. The van der Waals surface area contributed by atoms with E-state index in [0.29, 0.717) is 5.78 Å². The second-order valence-corrected chi connectivity index (χ2v) is 2.94. The average molecular weight is 172 g/mol. The third-order valence-electron chi connectivity index (χ3n) is 1.73. The molecule has 0 aliphatic carbocycles. The molecule has 12 heavy (non-hydrogen) atoms. The van der Waals surface area contributed by atoms with Crippen molar-refractivity contribution < 1.29 is 9.53 Å². The van der Waals surface area contributed by atoms with Crippen molar-refractivity contribution in [2.24, 2.45) is 0 Å². The minimum atomic E-state index is 0.397. The Balaban J connectivity index is 3.03. The second kappa shape index (κ2) is 8.72. The fraction of sp³-hybridized carbons (Fsp3) is 0.900. The van der Waals surface area contributed by atoms with Gasteiger partial charge in [0.15, 0.2) is 0 Å².